The summed E-state index contributed by atoms with van der Waals surface area (Å²) in [6, 6.07) is 10.6. The van der Waals surface area contributed by atoms with Crippen molar-refractivity contribution in [2.75, 3.05) is 0 Å². The van der Waals surface area contributed by atoms with Crippen molar-refractivity contribution >= 4 is 5.69 Å². The molecule has 0 amide bonds. The molecular formula is C16H18N2O3. The number of rotatable bonds is 4. The smallest absolute Gasteiger partial charge is 0.272 e. The van der Waals surface area contributed by atoms with Gasteiger partial charge in [-0.05, 0) is 38.5 Å². The van der Waals surface area contributed by atoms with Gasteiger partial charge >= 0.3 is 0 Å². The second-order valence-electron chi connectivity index (χ2n) is 5.09. The highest BCUT2D eigenvalue weighted by atomic mass is 16.6. The number of benzene rings is 2. The first-order valence-electron chi connectivity index (χ1n) is 6.68. The molecule has 21 heavy (non-hydrogen) atoms. The minimum Gasteiger partial charge on any atom is -0.457 e. The lowest BCUT2D eigenvalue weighted by Gasteiger charge is -2.15. The molecule has 2 rings (SSSR count). The van der Waals surface area contributed by atoms with Crippen LogP contribution in [0.2, 0.25) is 0 Å². The van der Waals surface area contributed by atoms with E-state index in [1.165, 1.54) is 6.07 Å². The van der Waals surface area contributed by atoms with Crippen LogP contribution in [0.1, 0.15) is 29.7 Å². The molecule has 2 N–H and O–H groups in total. The number of nitro benzene ring substituents is 1. The third kappa shape index (κ3) is 3.20. The van der Waals surface area contributed by atoms with Gasteiger partial charge in [0.2, 0.25) is 0 Å². The van der Waals surface area contributed by atoms with Gasteiger partial charge in [0.25, 0.3) is 5.69 Å². The van der Waals surface area contributed by atoms with E-state index in [1.54, 1.807) is 19.9 Å². The van der Waals surface area contributed by atoms with E-state index < -0.39 is 0 Å². The summed E-state index contributed by atoms with van der Waals surface area (Å²) in [5.41, 5.74) is 8.21. The number of hydrogen-bond acceptors (Lipinski definition) is 4. The first-order chi connectivity index (χ1) is 9.90. The second-order valence-corrected chi connectivity index (χ2v) is 5.09. The van der Waals surface area contributed by atoms with E-state index in [-0.39, 0.29) is 16.7 Å². The van der Waals surface area contributed by atoms with E-state index in [0.717, 1.165) is 5.56 Å². The molecule has 2 aromatic carbocycles. The summed E-state index contributed by atoms with van der Waals surface area (Å²) in [4.78, 5) is 10.5. The molecule has 1 atom stereocenters. The SMILES string of the molecule is Cc1cc([N+](=O)[O-])c(C)cc1Oc1ccccc1[C@@H](C)N. The quantitative estimate of drug-likeness (QED) is 0.680. The first-order valence-corrected chi connectivity index (χ1v) is 6.68. The number of nitro groups is 1. The topological polar surface area (TPSA) is 78.4 Å². The maximum atomic E-state index is 10.9. The lowest BCUT2D eigenvalue weighted by molar-refractivity contribution is -0.385. The van der Waals surface area contributed by atoms with Crippen molar-refractivity contribution < 1.29 is 9.66 Å². The van der Waals surface area contributed by atoms with Gasteiger partial charge in [-0.15, -0.1) is 0 Å². The van der Waals surface area contributed by atoms with E-state index in [2.05, 4.69) is 0 Å². The molecule has 5 heteroatoms. The molecule has 0 saturated heterocycles. The standard InChI is InChI=1S/C16H18N2O3/c1-10-9-16(11(2)8-14(10)18(19)20)21-15-7-5-4-6-13(15)12(3)17/h4-9,12H,17H2,1-3H3/t12-/m1/s1. The zero-order chi connectivity index (χ0) is 15.6. The van der Waals surface area contributed by atoms with Crippen molar-refractivity contribution in [1.29, 1.82) is 0 Å². The summed E-state index contributed by atoms with van der Waals surface area (Å²) in [5.74, 6) is 1.27. The van der Waals surface area contributed by atoms with Gasteiger partial charge < -0.3 is 10.5 Å². The van der Waals surface area contributed by atoms with Gasteiger partial charge in [0.1, 0.15) is 11.5 Å². The van der Waals surface area contributed by atoms with Crippen LogP contribution in [0.15, 0.2) is 36.4 Å². The van der Waals surface area contributed by atoms with Crippen LogP contribution in [0, 0.1) is 24.0 Å². The number of hydrogen-bond donors (Lipinski definition) is 1. The van der Waals surface area contributed by atoms with E-state index in [9.17, 15) is 10.1 Å². The van der Waals surface area contributed by atoms with Crippen LogP contribution in [0.3, 0.4) is 0 Å². The Hall–Kier alpha value is -2.40. The molecule has 2 aromatic rings. The average molecular weight is 286 g/mol. The molecule has 5 nitrogen and oxygen atoms in total. The Labute approximate surface area is 123 Å². The predicted molar refractivity (Wildman–Crippen MR) is 81.7 cm³/mol. The van der Waals surface area contributed by atoms with Crippen LogP contribution in [0.5, 0.6) is 11.5 Å². The van der Waals surface area contributed by atoms with E-state index in [0.29, 0.717) is 22.6 Å². The van der Waals surface area contributed by atoms with E-state index in [4.69, 9.17) is 10.5 Å². The normalized spacial score (nSPS) is 12.0. The third-order valence-corrected chi connectivity index (χ3v) is 3.32. The van der Waals surface area contributed by atoms with Crippen molar-refractivity contribution in [3.8, 4) is 11.5 Å². The molecular weight excluding hydrogens is 268 g/mol. The van der Waals surface area contributed by atoms with Crippen LogP contribution in [-0.2, 0) is 0 Å². The van der Waals surface area contributed by atoms with Gasteiger partial charge in [-0.1, -0.05) is 18.2 Å². The summed E-state index contributed by atoms with van der Waals surface area (Å²) in [7, 11) is 0. The van der Waals surface area contributed by atoms with Gasteiger partial charge in [-0.2, -0.15) is 0 Å². The molecule has 0 aliphatic carbocycles. The summed E-state index contributed by atoms with van der Waals surface area (Å²) >= 11 is 0. The number of ether oxygens (including phenoxy) is 1. The van der Waals surface area contributed by atoms with E-state index in [1.807, 2.05) is 31.2 Å². The van der Waals surface area contributed by atoms with Gasteiger partial charge in [0, 0.05) is 23.2 Å². The fourth-order valence-electron chi connectivity index (χ4n) is 2.15. The molecule has 0 radical (unpaired) electrons. The zero-order valence-electron chi connectivity index (χ0n) is 12.3. The van der Waals surface area contributed by atoms with Crippen LogP contribution < -0.4 is 10.5 Å². The third-order valence-electron chi connectivity index (χ3n) is 3.32. The molecule has 0 fully saturated rings. The predicted octanol–water partition coefficient (Wildman–Crippen LogP) is 4.02. The highest BCUT2D eigenvalue weighted by Gasteiger charge is 2.16. The Morgan fingerprint density at radius 1 is 1.14 bits per heavy atom. The Bertz CT molecular complexity index is 681. The second kappa shape index (κ2) is 5.93. The Balaban J connectivity index is 2.41. The fraction of sp³-hybridized carbons (Fsp3) is 0.250. The fourth-order valence-corrected chi connectivity index (χ4v) is 2.15. The lowest BCUT2D eigenvalue weighted by Crippen LogP contribution is -2.06. The van der Waals surface area contributed by atoms with Crippen LogP contribution in [0.25, 0.3) is 0 Å². The number of nitrogens with zero attached hydrogens (tertiary/aromatic N) is 1. The van der Waals surface area contributed by atoms with Crippen LogP contribution >= 0.6 is 0 Å². The molecule has 110 valence electrons. The highest BCUT2D eigenvalue weighted by molar-refractivity contribution is 5.51. The van der Waals surface area contributed by atoms with Gasteiger partial charge in [0.15, 0.2) is 0 Å². The molecule has 0 spiro atoms. The summed E-state index contributed by atoms with van der Waals surface area (Å²) in [6.45, 7) is 5.37. The maximum absolute atomic E-state index is 10.9. The average Bonchev–Trinajstić information content (AvgIpc) is 2.42. The Morgan fingerprint density at radius 2 is 1.81 bits per heavy atom. The molecule has 0 aliphatic heterocycles. The Morgan fingerprint density at radius 3 is 2.43 bits per heavy atom. The van der Waals surface area contributed by atoms with Crippen molar-refractivity contribution in [1.82, 2.24) is 0 Å². The van der Waals surface area contributed by atoms with Crippen molar-refractivity contribution in [2.45, 2.75) is 26.8 Å². The summed E-state index contributed by atoms with van der Waals surface area (Å²) in [5, 5.41) is 10.9. The zero-order valence-corrected chi connectivity index (χ0v) is 12.3. The number of nitrogens with two attached hydrogens (primary N) is 1. The van der Waals surface area contributed by atoms with Crippen molar-refractivity contribution in [2.24, 2.45) is 5.73 Å². The molecule has 0 bridgehead atoms. The minimum atomic E-state index is -0.387. The molecule has 0 unspecified atom stereocenters. The Kier molecular flexibility index (Phi) is 4.23. The molecule has 0 aromatic heterocycles. The molecule has 0 saturated carbocycles. The minimum absolute atomic E-state index is 0.0975. The highest BCUT2D eigenvalue weighted by Crippen LogP contribution is 2.33. The number of aryl methyl sites for hydroxylation is 2. The maximum Gasteiger partial charge on any atom is 0.272 e. The first kappa shape index (κ1) is 15.0. The molecule has 0 aliphatic rings. The summed E-state index contributed by atoms with van der Waals surface area (Å²) in [6.07, 6.45) is 0. The summed E-state index contributed by atoms with van der Waals surface area (Å²) < 4.78 is 5.91. The monoisotopic (exact) mass is 286 g/mol. The lowest BCUT2D eigenvalue weighted by atomic mass is 10.1. The number of para-hydroxylation sites is 1. The molecule has 0 heterocycles. The van der Waals surface area contributed by atoms with Crippen molar-refractivity contribution in [3.05, 3.63) is 63.2 Å². The van der Waals surface area contributed by atoms with Crippen LogP contribution in [-0.4, -0.2) is 4.92 Å². The van der Waals surface area contributed by atoms with Gasteiger partial charge in [-0.25, -0.2) is 0 Å². The van der Waals surface area contributed by atoms with Gasteiger partial charge in [-0.3, -0.25) is 10.1 Å². The van der Waals surface area contributed by atoms with Crippen LogP contribution in [0.4, 0.5) is 5.69 Å². The van der Waals surface area contributed by atoms with Crippen molar-refractivity contribution in [3.63, 3.8) is 0 Å². The largest absolute Gasteiger partial charge is 0.457 e. The van der Waals surface area contributed by atoms with Gasteiger partial charge in [0.05, 0.1) is 4.92 Å². The van der Waals surface area contributed by atoms with E-state index >= 15 is 0 Å².